The second-order valence-corrected chi connectivity index (χ2v) is 7.37. The molecule has 1 aromatic carbocycles. The fourth-order valence-corrected chi connectivity index (χ4v) is 2.72. The normalized spacial score (nSPS) is 10.9. The minimum Gasteiger partial charge on any atom is -0.342 e. The van der Waals surface area contributed by atoms with Crippen molar-refractivity contribution in [1.29, 1.82) is 0 Å². The molecule has 31 heavy (non-hydrogen) atoms. The first-order chi connectivity index (χ1) is 14.8. The molecule has 3 aromatic rings. The van der Waals surface area contributed by atoms with Crippen molar-refractivity contribution in [2.75, 3.05) is 49.8 Å². The highest BCUT2D eigenvalue weighted by Crippen LogP contribution is 2.15. The predicted molar refractivity (Wildman–Crippen MR) is 117 cm³/mol. The molecule has 0 aliphatic rings. The van der Waals surface area contributed by atoms with Crippen molar-refractivity contribution in [2.45, 2.75) is 13.3 Å². The van der Waals surface area contributed by atoms with E-state index in [1.54, 1.807) is 19.1 Å². The number of H-pyrrole nitrogens is 1. The largest absolute Gasteiger partial charge is 0.342 e. The molecule has 1 amide bonds. The van der Waals surface area contributed by atoms with Crippen LogP contribution in [0, 0.1) is 12.7 Å². The van der Waals surface area contributed by atoms with Gasteiger partial charge in [-0.2, -0.15) is 20.1 Å². The number of halogens is 1. The second-order valence-electron chi connectivity index (χ2n) is 7.37. The predicted octanol–water partition coefficient (Wildman–Crippen LogP) is 1.96. The molecule has 0 spiro atoms. The van der Waals surface area contributed by atoms with Gasteiger partial charge >= 0.3 is 0 Å². The third-order valence-corrected chi connectivity index (χ3v) is 4.29. The van der Waals surface area contributed by atoms with Crippen molar-refractivity contribution >= 4 is 29.3 Å². The Bertz CT molecular complexity index is 1040. The van der Waals surface area contributed by atoms with E-state index in [0.717, 1.165) is 13.1 Å². The molecule has 0 fully saturated rings. The maximum atomic E-state index is 13.2. The van der Waals surface area contributed by atoms with Gasteiger partial charge in [0.1, 0.15) is 11.6 Å². The molecule has 2 heterocycles. The molecule has 0 aliphatic heterocycles. The van der Waals surface area contributed by atoms with Crippen molar-refractivity contribution in [2.24, 2.45) is 0 Å². The fourth-order valence-electron chi connectivity index (χ4n) is 2.72. The van der Waals surface area contributed by atoms with Crippen LogP contribution in [-0.4, -0.2) is 70.2 Å². The van der Waals surface area contributed by atoms with E-state index in [0.29, 0.717) is 34.9 Å². The van der Waals surface area contributed by atoms with Crippen LogP contribution in [0.5, 0.6) is 0 Å². The minimum atomic E-state index is -0.412. The molecule has 0 bridgehead atoms. The Kier molecular flexibility index (Phi) is 7.08. The van der Waals surface area contributed by atoms with Gasteiger partial charge in [0, 0.05) is 37.6 Å². The van der Waals surface area contributed by atoms with Crippen molar-refractivity contribution in [3.8, 4) is 0 Å². The number of rotatable bonds is 9. The van der Waals surface area contributed by atoms with Gasteiger partial charge in [0.25, 0.3) is 0 Å². The topological polar surface area (TPSA) is 115 Å². The lowest BCUT2D eigenvalue weighted by molar-refractivity contribution is -0.115. The summed E-state index contributed by atoms with van der Waals surface area (Å²) in [4.78, 5) is 29.4. The maximum absolute atomic E-state index is 13.2. The summed E-state index contributed by atoms with van der Waals surface area (Å²) in [7, 11) is 5.94. The summed E-state index contributed by atoms with van der Waals surface area (Å²) in [5, 5.41) is 12.6. The first kappa shape index (κ1) is 22.1. The standard InChI is InChI=1S/C20H26FN9O/c1-13-22-19(26-20(23-13)30(4)9-8-29(2)3)25-17-11-16(27-28-17)12-18(31)24-15-7-5-6-14(21)10-15/h5-7,10-11H,8-9,12H2,1-4H3,(H,24,31)(H2,22,23,25,26,27,28). The highest BCUT2D eigenvalue weighted by molar-refractivity contribution is 5.92. The zero-order valence-electron chi connectivity index (χ0n) is 18.0. The Morgan fingerprint density at radius 1 is 1.13 bits per heavy atom. The molecule has 0 radical (unpaired) electrons. The van der Waals surface area contributed by atoms with Crippen LogP contribution in [0.4, 0.5) is 27.8 Å². The monoisotopic (exact) mass is 427 g/mol. The van der Waals surface area contributed by atoms with Crippen LogP contribution in [0.1, 0.15) is 11.5 Å². The third kappa shape index (κ3) is 6.71. The van der Waals surface area contributed by atoms with E-state index < -0.39 is 5.82 Å². The Morgan fingerprint density at radius 2 is 1.94 bits per heavy atom. The summed E-state index contributed by atoms with van der Waals surface area (Å²) in [6.45, 7) is 3.43. The van der Waals surface area contributed by atoms with E-state index in [1.807, 2.05) is 26.0 Å². The number of nitrogens with one attached hydrogen (secondary N) is 3. The van der Waals surface area contributed by atoms with Crippen molar-refractivity contribution in [3.05, 3.63) is 47.7 Å². The van der Waals surface area contributed by atoms with E-state index >= 15 is 0 Å². The third-order valence-electron chi connectivity index (χ3n) is 4.29. The first-order valence-corrected chi connectivity index (χ1v) is 9.74. The van der Waals surface area contributed by atoms with Crippen LogP contribution in [-0.2, 0) is 11.2 Å². The number of hydrogen-bond donors (Lipinski definition) is 3. The van der Waals surface area contributed by atoms with Crippen molar-refractivity contribution in [3.63, 3.8) is 0 Å². The molecular weight excluding hydrogens is 401 g/mol. The van der Waals surface area contributed by atoms with Crippen LogP contribution >= 0.6 is 0 Å². The Balaban J connectivity index is 1.62. The van der Waals surface area contributed by atoms with E-state index in [9.17, 15) is 9.18 Å². The molecule has 11 heteroatoms. The summed E-state index contributed by atoms with van der Waals surface area (Å²) in [5.74, 6) is 1.27. The molecule has 0 unspecified atom stereocenters. The van der Waals surface area contributed by atoms with Gasteiger partial charge in [-0.1, -0.05) is 6.07 Å². The number of anilines is 4. The fraction of sp³-hybridized carbons (Fsp3) is 0.350. The Labute approximate surface area is 179 Å². The molecule has 3 N–H and O–H groups in total. The number of aryl methyl sites for hydroxylation is 1. The average Bonchev–Trinajstić information content (AvgIpc) is 3.12. The van der Waals surface area contributed by atoms with Crippen LogP contribution in [0.2, 0.25) is 0 Å². The van der Waals surface area contributed by atoms with E-state index in [2.05, 4.69) is 40.7 Å². The number of aromatic nitrogens is 5. The number of benzene rings is 1. The van der Waals surface area contributed by atoms with E-state index in [-0.39, 0.29) is 12.3 Å². The lowest BCUT2D eigenvalue weighted by Crippen LogP contribution is -2.30. The van der Waals surface area contributed by atoms with Crippen LogP contribution < -0.4 is 15.5 Å². The highest BCUT2D eigenvalue weighted by atomic mass is 19.1. The lowest BCUT2D eigenvalue weighted by atomic mass is 10.2. The lowest BCUT2D eigenvalue weighted by Gasteiger charge is -2.20. The molecular formula is C20H26FN9O. The van der Waals surface area contributed by atoms with Gasteiger partial charge in [-0.15, -0.1) is 0 Å². The van der Waals surface area contributed by atoms with Crippen LogP contribution in [0.25, 0.3) is 0 Å². The molecule has 164 valence electrons. The molecule has 2 aromatic heterocycles. The minimum absolute atomic E-state index is 0.0555. The molecule has 0 aliphatic carbocycles. The summed E-state index contributed by atoms with van der Waals surface area (Å²) in [5.41, 5.74) is 0.986. The SMILES string of the molecule is Cc1nc(Nc2cc(CC(=O)Nc3cccc(F)c3)[nH]n2)nc(N(C)CCN(C)C)n1. The van der Waals surface area contributed by atoms with E-state index in [4.69, 9.17) is 0 Å². The molecule has 0 saturated heterocycles. The zero-order valence-corrected chi connectivity index (χ0v) is 18.0. The molecule has 10 nitrogen and oxygen atoms in total. The Morgan fingerprint density at radius 3 is 2.68 bits per heavy atom. The van der Waals surface area contributed by atoms with E-state index in [1.165, 1.54) is 18.2 Å². The van der Waals surface area contributed by atoms with Crippen LogP contribution in [0.3, 0.4) is 0 Å². The number of carbonyl (C=O) groups excluding carboxylic acids is 1. The van der Waals surface area contributed by atoms with Crippen molar-refractivity contribution in [1.82, 2.24) is 30.0 Å². The maximum Gasteiger partial charge on any atom is 0.233 e. The second kappa shape index (κ2) is 9.94. The molecule has 3 rings (SSSR count). The number of carbonyl (C=O) groups is 1. The summed E-state index contributed by atoms with van der Waals surface area (Å²) in [6.07, 6.45) is 0.0555. The number of hydrogen-bond acceptors (Lipinski definition) is 8. The number of likely N-dealkylation sites (N-methyl/N-ethyl adjacent to an activating group) is 2. The first-order valence-electron chi connectivity index (χ1n) is 9.74. The highest BCUT2D eigenvalue weighted by Gasteiger charge is 2.12. The van der Waals surface area contributed by atoms with Gasteiger partial charge in [-0.05, 0) is 39.2 Å². The van der Waals surface area contributed by atoms with Crippen LogP contribution in [0.15, 0.2) is 30.3 Å². The number of amides is 1. The van der Waals surface area contributed by atoms with Gasteiger partial charge in [0.15, 0.2) is 5.82 Å². The van der Waals surface area contributed by atoms with Gasteiger partial charge < -0.3 is 20.4 Å². The van der Waals surface area contributed by atoms with Gasteiger partial charge in [0.2, 0.25) is 17.8 Å². The Hall–Kier alpha value is -3.60. The summed E-state index contributed by atoms with van der Waals surface area (Å²) in [6, 6.07) is 7.42. The number of aromatic amines is 1. The zero-order chi connectivity index (χ0) is 22.4. The number of nitrogens with zero attached hydrogens (tertiary/aromatic N) is 6. The summed E-state index contributed by atoms with van der Waals surface area (Å²) >= 11 is 0. The van der Waals surface area contributed by atoms with Gasteiger partial charge in [-0.3, -0.25) is 9.89 Å². The average molecular weight is 427 g/mol. The van der Waals surface area contributed by atoms with Gasteiger partial charge in [0.05, 0.1) is 6.42 Å². The molecule has 0 atom stereocenters. The van der Waals surface area contributed by atoms with Gasteiger partial charge in [-0.25, -0.2) is 4.39 Å². The van der Waals surface area contributed by atoms with Crippen molar-refractivity contribution < 1.29 is 9.18 Å². The quantitative estimate of drug-likeness (QED) is 0.475. The summed E-state index contributed by atoms with van der Waals surface area (Å²) < 4.78 is 13.2. The molecule has 0 saturated carbocycles. The smallest absolute Gasteiger partial charge is 0.233 e.